The third-order valence-electron chi connectivity index (χ3n) is 11.4. The molecule has 4 heterocycles. The lowest BCUT2D eigenvalue weighted by atomic mass is 9.77. The van der Waals surface area contributed by atoms with E-state index < -0.39 is 0 Å². The Labute approximate surface area is 285 Å². The van der Waals surface area contributed by atoms with Gasteiger partial charge in [0.15, 0.2) is 0 Å². The lowest BCUT2D eigenvalue weighted by molar-refractivity contribution is 0.305. The summed E-state index contributed by atoms with van der Waals surface area (Å²) >= 11 is 0. The first kappa shape index (κ1) is 28.2. The predicted octanol–water partition coefficient (Wildman–Crippen LogP) is 10.9. The number of para-hydroxylation sites is 3. The Balaban J connectivity index is 1.05. The fourth-order valence-corrected chi connectivity index (χ4v) is 9.12. The summed E-state index contributed by atoms with van der Waals surface area (Å²) in [6.45, 7) is 0. The number of pyridine rings is 3. The van der Waals surface area contributed by atoms with Crippen LogP contribution >= 0.6 is 0 Å². The topological polar surface area (TPSA) is 46.8 Å². The fourth-order valence-electron chi connectivity index (χ4n) is 9.12. The van der Waals surface area contributed by atoms with E-state index in [0.717, 1.165) is 58.4 Å². The highest BCUT2D eigenvalue weighted by Gasteiger charge is 2.56. The highest BCUT2D eigenvalue weighted by Crippen LogP contribution is 2.62. The Morgan fingerprint density at radius 3 is 2.06 bits per heavy atom. The maximum absolute atomic E-state index is 5.32. The molecule has 5 nitrogen and oxygen atoms in total. The van der Waals surface area contributed by atoms with Crippen LogP contribution < -0.4 is 4.90 Å². The third kappa shape index (κ3) is 4.35. The number of anilines is 3. The molecule has 0 amide bonds. The van der Waals surface area contributed by atoms with E-state index in [1.165, 1.54) is 40.3 Å². The summed E-state index contributed by atoms with van der Waals surface area (Å²) in [5, 5.41) is 3.55. The average molecular weight is 634 g/mol. The van der Waals surface area contributed by atoms with Crippen molar-refractivity contribution in [1.29, 1.82) is 0 Å². The lowest BCUT2D eigenvalue weighted by Crippen LogP contribution is -2.28. The van der Waals surface area contributed by atoms with Crippen molar-refractivity contribution < 1.29 is 0 Å². The second-order valence-corrected chi connectivity index (χ2v) is 13.9. The zero-order valence-corrected chi connectivity index (χ0v) is 27.2. The number of hydrogen-bond donors (Lipinski definition) is 0. The maximum Gasteiger partial charge on any atom is 0.141 e. The van der Waals surface area contributed by atoms with Crippen molar-refractivity contribution in [2.24, 2.45) is 0 Å². The minimum absolute atomic E-state index is 0.0383. The van der Waals surface area contributed by atoms with Gasteiger partial charge in [0.1, 0.15) is 5.65 Å². The predicted molar refractivity (Wildman–Crippen MR) is 200 cm³/mol. The SMILES string of the molecule is c1ccc(N(c2ccccc2)c2cnc3c(c2)c2ccccc2n3C23CCC(c4ccc(-c5cncc6cccnc56)cc4)(CC2)C3)cc1. The van der Waals surface area contributed by atoms with Gasteiger partial charge in [-0.2, -0.15) is 0 Å². The first-order valence-electron chi connectivity index (χ1n) is 17.3. The van der Waals surface area contributed by atoms with E-state index in [-0.39, 0.29) is 11.0 Å². The first-order chi connectivity index (χ1) is 24.2. The fraction of sp³-hybridized carbons (Fsp3) is 0.159. The van der Waals surface area contributed by atoms with Gasteiger partial charge in [0.05, 0.1) is 22.9 Å². The minimum Gasteiger partial charge on any atom is -0.319 e. The quantitative estimate of drug-likeness (QED) is 0.183. The molecule has 0 spiro atoms. The number of fused-ring (bicyclic) bond motifs is 6. The van der Waals surface area contributed by atoms with Crippen LogP contribution in [0.1, 0.15) is 37.7 Å². The van der Waals surface area contributed by atoms with Gasteiger partial charge in [-0.25, -0.2) is 4.98 Å². The zero-order chi connectivity index (χ0) is 32.4. The normalized spacial score (nSPS) is 20.0. The van der Waals surface area contributed by atoms with Crippen LogP contribution in [-0.2, 0) is 11.0 Å². The molecule has 0 aliphatic heterocycles. The van der Waals surface area contributed by atoms with Crippen LogP contribution in [0.5, 0.6) is 0 Å². The summed E-state index contributed by atoms with van der Waals surface area (Å²) < 4.78 is 2.63. The van der Waals surface area contributed by atoms with E-state index in [4.69, 9.17) is 4.98 Å². The standard InChI is InChI=1S/C44H35N5/c1-3-11-34(12-4-1)48(35-13-5-2-6-14-35)36-26-38-37-15-7-8-16-40(37)49(42(38)47-28-36)44-23-21-43(30-44,22-24-44)33-19-17-31(18-20-33)39-29-45-27-32-10-9-25-46-41(32)39/h1-20,25-29H,21-24,30H2. The molecule has 2 saturated carbocycles. The maximum atomic E-state index is 5.32. The molecule has 0 N–H and O–H groups in total. The average Bonchev–Trinajstić information content (AvgIpc) is 3.85. The largest absolute Gasteiger partial charge is 0.319 e. The van der Waals surface area contributed by atoms with Gasteiger partial charge in [-0.15, -0.1) is 0 Å². The van der Waals surface area contributed by atoms with E-state index in [1.54, 1.807) is 0 Å². The number of rotatable bonds is 6. The van der Waals surface area contributed by atoms with Gasteiger partial charge >= 0.3 is 0 Å². The van der Waals surface area contributed by atoms with Crippen LogP contribution in [0.25, 0.3) is 44.0 Å². The molecule has 8 aromatic rings. The molecule has 0 radical (unpaired) electrons. The van der Waals surface area contributed by atoms with Crippen LogP contribution in [0, 0.1) is 0 Å². The zero-order valence-electron chi connectivity index (χ0n) is 27.2. The summed E-state index contributed by atoms with van der Waals surface area (Å²) in [7, 11) is 0. The van der Waals surface area contributed by atoms with Crippen molar-refractivity contribution in [2.45, 2.75) is 43.1 Å². The molecule has 0 unspecified atom stereocenters. The smallest absolute Gasteiger partial charge is 0.141 e. The molecule has 0 saturated heterocycles. The van der Waals surface area contributed by atoms with Gasteiger partial charge in [-0.05, 0) is 97.2 Å². The van der Waals surface area contributed by atoms with Gasteiger partial charge in [0, 0.05) is 57.2 Å². The van der Waals surface area contributed by atoms with Gasteiger partial charge in [-0.1, -0.05) is 78.9 Å². The van der Waals surface area contributed by atoms with E-state index in [2.05, 4.69) is 147 Å². The molecule has 2 aliphatic carbocycles. The molecule has 236 valence electrons. The third-order valence-corrected chi connectivity index (χ3v) is 11.4. The molecule has 2 aliphatic rings. The number of nitrogens with zero attached hydrogens (tertiary/aromatic N) is 5. The molecule has 0 atom stereocenters. The van der Waals surface area contributed by atoms with Gasteiger partial charge in [-0.3, -0.25) is 9.97 Å². The van der Waals surface area contributed by atoms with Gasteiger partial charge in [0.25, 0.3) is 0 Å². The monoisotopic (exact) mass is 633 g/mol. The highest BCUT2D eigenvalue weighted by atomic mass is 15.2. The molecule has 5 heteroatoms. The van der Waals surface area contributed by atoms with Crippen molar-refractivity contribution in [1.82, 2.24) is 19.5 Å². The van der Waals surface area contributed by atoms with E-state index in [1.807, 2.05) is 24.7 Å². The van der Waals surface area contributed by atoms with Crippen molar-refractivity contribution in [3.63, 3.8) is 0 Å². The summed E-state index contributed by atoms with van der Waals surface area (Å²) in [6, 6.07) is 45.8. The Kier molecular flexibility index (Phi) is 6.25. The Morgan fingerprint density at radius 2 is 1.31 bits per heavy atom. The van der Waals surface area contributed by atoms with Crippen LogP contribution in [-0.4, -0.2) is 19.5 Å². The summed E-state index contributed by atoms with van der Waals surface area (Å²) in [4.78, 5) is 16.8. The Bertz CT molecular complexity index is 2430. The number of hydrogen-bond acceptors (Lipinski definition) is 4. The van der Waals surface area contributed by atoms with Gasteiger partial charge in [0.2, 0.25) is 0 Å². The van der Waals surface area contributed by atoms with Crippen molar-refractivity contribution >= 4 is 49.9 Å². The van der Waals surface area contributed by atoms with E-state index >= 15 is 0 Å². The molecular weight excluding hydrogens is 599 g/mol. The number of benzene rings is 4. The minimum atomic E-state index is 0.0383. The summed E-state index contributed by atoms with van der Waals surface area (Å²) in [5.41, 5.74) is 10.6. The second-order valence-electron chi connectivity index (χ2n) is 13.9. The molecular formula is C44H35N5. The van der Waals surface area contributed by atoms with Crippen LogP contribution in [0.3, 0.4) is 0 Å². The van der Waals surface area contributed by atoms with Crippen molar-refractivity contribution in [3.8, 4) is 11.1 Å². The number of aromatic nitrogens is 4. The molecule has 2 bridgehead atoms. The second kappa shape index (κ2) is 10.9. The van der Waals surface area contributed by atoms with Crippen LogP contribution in [0.15, 0.2) is 152 Å². The van der Waals surface area contributed by atoms with Crippen LogP contribution in [0.4, 0.5) is 17.1 Å². The van der Waals surface area contributed by atoms with Gasteiger partial charge < -0.3 is 9.47 Å². The van der Waals surface area contributed by atoms with Crippen LogP contribution in [0.2, 0.25) is 0 Å². The summed E-state index contributed by atoms with van der Waals surface area (Å²) in [6.07, 6.45) is 13.6. The molecule has 10 rings (SSSR count). The van der Waals surface area contributed by atoms with E-state index in [9.17, 15) is 0 Å². The first-order valence-corrected chi connectivity index (χ1v) is 17.3. The highest BCUT2D eigenvalue weighted by molar-refractivity contribution is 6.08. The Morgan fingerprint density at radius 1 is 0.592 bits per heavy atom. The molecule has 4 aromatic heterocycles. The van der Waals surface area contributed by atoms with Crippen molar-refractivity contribution in [3.05, 3.63) is 158 Å². The lowest BCUT2D eigenvalue weighted by Gasteiger charge is -2.31. The molecule has 2 fully saturated rings. The molecule has 4 aromatic carbocycles. The summed E-state index contributed by atoms with van der Waals surface area (Å²) in [5.74, 6) is 0. The van der Waals surface area contributed by atoms with E-state index in [0.29, 0.717) is 0 Å². The Hall–Kier alpha value is -5.81. The molecule has 49 heavy (non-hydrogen) atoms. The van der Waals surface area contributed by atoms with Crippen molar-refractivity contribution in [2.75, 3.05) is 4.90 Å².